The molecule has 8 nitrogen and oxygen atoms in total. The maximum atomic E-state index is 14.9. The van der Waals surface area contributed by atoms with Crippen molar-refractivity contribution >= 4 is 23.4 Å². The van der Waals surface area contributed by atoms with Crippen LogP contribution in [0.1, 0.15) is 57.6 Å². The van der Waals surface area contributed by atoms with E-state index in [-0.39, 0.29) is 36.8 Å². The van der Waals surface area contributed by atoms with Gasteiger partial charge in [-0.3, -0.25) is 14.4 Å². The zero-order valence-electron chi connectivity index (χ0n) is 25.3. The average molecular weight is 566 g/mol. The molecule has 0 aliphatic carbocycles. The molecule has 3 fully saturated rings. The van der Waals surface area contributed by atoms with E-state index in [1.54, 1.807) is 26.9 Å². The first kappa shape index (κ1) is 31.0. The van der Waals surface area contributed by atoms with Crippen LogP contribution < -0.4 is 4.90 Å². The molecule has 1 aromatic carbocycles. The van der Waals surface area contributed by atoms with Crippen LogP contribution in [0.25, 0.3) is 0 Å². The van der Waals surface area contributed by atoms with E-state index in [9.17, 15) is 19.5 Å². The van der Waals surface area contributed by atoms with E-state index >= 15 is 0 Å². The number of amides is 3. The van der Waals surface area contributed by atoms with Crippen molar-refractivity contribution in [3.8, 4) is 0 Å². The van der Waals surface area contributed by atoms with E-state index in [0.717, 1.165) is 29.7 Å². The monoisotopic (exact) mass is 565 g/mol. The zero-order chi connectivity index (χ0) is 30.1. The van der Waals surface area contributed by atoms with Crippen LogP contribution in [0, 0.1) is 31.6 Å². The Morgan fingerprint density at radius 1 is 1.17 bits per heavy atom. The van der Waals surface area contributed by atoms with Crippen molar-refractivity contribution in [2.75, 3.05) is 31.1 Å². The Bertz CT molecular complexity index is 1160. The number of para-hydroxylation sites is 1. The van der Waals surface area contributed by atoms with Crippen LogP contribution in [0.3, 0.4) is 0 Å². The molecule has 3 heterocycles. The van der Waals surface area contributed by atoms with E-state index in [0.29, 0.717) is 25.9 Å². The lowest BCUT2D eigenvalue weighted by atomic mass is 9.70. The second-order valence-electron chi connectivity index (χ2n) is 12.0. The van der Waals surface area contributed by atoms with Crippen molar-refractivity contribution in [2.24, 2.45) is 17.8 Å². The van der Waals surface area contributed by atoms with E-state index in [4.69, 9.17) is 4.74 Å². The molecule has 0 radical (unpaired) electrons. The minimum absolute atomic E-state index is 0.0637. The molecule has 1 aromatic rings. The maximum Gasteiger partial charge on any atom is 0.253 e. The van der Waals surface area contributed by atoms with Crippen LogP contribution in [0.4, 0.5) is 5.69 Å². The van der Waals surface area contributed by atoms with Crippen LogP contribution >= 0.6 is 0 Å². The predicted molar refractivity (Wildman–Crippen MR) is 160 cm³/mol. The molecule has 3 amide bonds. The molecular weight excluding hydrogens is 518 g/mol. The third-order valence-corrected chi connectivity index (χ3v) is 9.54. The minimum Gasteiger partial charge on any atom is -0.394 e. The number of carbonyl (C=O) groups is 3. The number of ether oxygens (including phenoxy) is 1. The van der Waals surface area contributed by atoms with Crippen molar-refractivity contribution in [3.05, 3.63) is 54.6 Å². The van der Waals surface area contributed by atoms with Crippen molar-refractivity contribution in [1.82, 2.24) is 9.80 Å². The number of carbonyl (C=O) groups excluding carboxylic acids is 3. The fraction of sp³-hybridized carbons (Fsp3) is 0.606. The third-order valence-electron chi connectivity index (χ3n) is 9.54. The second kappa shape index (κ2) is 12.5. The lowest BCUT2D eigenvalue weighted by Gasteiger charge is -2.41. The van der Waals surface area contributed by atoms with Gasteiger partial charge in [0.1, 0.15) is 11.6 Å². The zero-order valence-corrected chi connectivity index (χ0v) is 25.3. The summed E-state index contributed by atoms with van der Waals surface area (Å²) in [6.45, 7) is 18.6. The fourth-order valence-corrected chi connectivity index (χ4v) is 7.55. The summed E-state index contributed by atoms with van der Waals surface area (Å²) < 4.78 is 6.70. The highest BCUT2D eigenvalue weighted by Gasteiger charge is 2.75. The maximum absolute atomic E-state index is 14.9. The Morgan fingerprint density at radius 2 is 1.83 bits per heavy atom. The second-order valence-corrected chi connectivity index (χ2v) is 12.0. The van der Waals surface area contributed by atoms with Gasteiger partial charge in [-0.05, 0) is 50.2 Å². The van der Waals surface area contributed by atoms with Gasteiger partial charge in [0.2, 0.25) is 11.8 Å². The van der Waals surface area contributed by atoms with E-state index in [1.165, 1.54) is 0 Å². The number of hydrogen-bond acceptors (Lipinski definition) is 5. The summed E-state index contributed by atoms with van der Waals surface area (Å²) in [4.78, 5) is 48.5. The summed E-state index contributed by atoms with van der Waals surface area (Å²) in [5.74, 6) is -2.16. The molecule has 3 aliphatic rings. The number of likely N-dealkylation sites (tertiary alicyclic amines) is 1. The predicted octanol–water partition coefficient (Wildman–Crippen LogP) is 4.03. The molecule has 41 heavy (non-hydrogen) atoms. The molecule has 1 N–H and O–H groups in total. The smallest absolute Gasteiger partial charge is 0.253 e. The van der Waals surface area contributed by atoms with Crippen LogP contribution in [0.2, 0.25) is 0 Å². The largest absolute Gasteiger partial charge is 0.394 e. The summed E-state index contributed by atoms with van der Waals surface area (Å²) in [5, 5.41) is 10.6. The number of fused-ring (bicyclic) bond motifs is 1. The number of anilines is 1. The van der Waals surface area contributed by atoms with E-state index in [2.05, 4.69) is 13.2 Å². The number of aliphatic hydroxyl groups excluding tert-OH is 1. The molecule has 224 valence electrons. The minimum atomic E-state index is -1.14. The number of benzene rings is 1. The van der Waals surface area contributed by atoms with Gasteiger partial charge in [-0.25, -0.2) is 0 Å². The van der Waals surface area contributed by atoms with Crippen molar-refractivity contribution in [2.45, 2.75) is 84.1 Å². The number of hydrogen-bond donors (Lipinski definition) is 1. The molecule has 0 saturated carbocycles. The van der Waals surface area contributed by atoms with Crippen LogP contribution in [0.15, 0.2) is 43.5 Å². The summed E-state index contributed by atoms with van der Waals surface area (Å²) in [6, 6.07) is 4.34. The van der Waals surface area contributed by atoms with Gasteiger partial charge >= 0.3 is 0 Å². The quantitative estimate of drug-likeness (QED) is 0.365. The van der Waals surface area contributed by atoms with Crippen molar-refractivity contribution < 1.29 is 24.2 Å². The molecule has 2 unspecified atom stereocenters. The van der Waals surface area contributed by atoms with Gasteiger partial charge in [-0.2, -0.15) is 0 Å². The molecule has 7 atom stereocenters. The molecule has 3 aliphatic heterocycles. The Morgan fingerprint density at radius 3 is 2.39 bits per heavy atom. The molecule has 3 saturated heterocycles. The van der Waals surface area contributed by atoms with Crippen LogP contribution in [0.5, 0.6) is 0 Å². The van der Waals surface area contributed by atoms with Crippen molar-refractivity contribution in [1.29, 1.82) is 0 Å². The fourth-order valence-electron chi connectivity index (χ4n) is 7.55. The molecule has 4 rings (SSSR count). The number of aliphatic hydroxyl groups is 1. The number of nitrogens with zero attached hydrogens (tertiary/aromatic N) is 3. The SMILES string of the molecule is C=CCN(CCC)C(=O)[C@@H]1[C@@H]2CCC3(O2)C(C(=O)N(CC=C)c2c(C)cccc2C)N([C@@H](CO)[C@@H](C)CC)C(=O)[C@H]13. The third kappa shape index (κ3) is 5.03. The Hall–Kier alpha value is -2.97. The van der Waals surface area contributed by atoms with Gasteiger partial charge in [-0.15, -0.1) is 13.2 Å². The Labute approximate surface area is 245 Å². The summed E-state index contributed by atoms with van der Waals surface area (Å²) >= 11 is 0. The highest BCUT2D eigenvalue weighted by atomic mass is 16.5. The first-order valence-corrected chi connectivity index (χ1v) is 15.1. The van der Waals surface area contributed by atoms with Gasteiger partial charge < -0.3 is 24.5 Å². The number of rotatable bonds is 13. The van der Waals surface area contributed by atoms with Gasteiger partial charge in [0, 0.05) is 25.3 Å². The summed E-state index contributed by atoms with van der Waals surface area (Å²) in [5.41, 5.74) is 1.53. The summed E-state index contributed by atoms with van der Waals surface area (Å²) in [6.07, 6.45) is 5.57. The standard InChI is InChI=1S/C33H47N3O5/c1-8-17-34(18-9-2)30(38)26-25-15-16-33(41-25)27(26)31(39)36(24(20-37)21(5)11-4)29(33)32(40)35(19-10-3)28-22(6)13-12-14-23(28)7/h8,10,12-14,21,24-27,29,37H,1,3,9,11,15-20H2,2,4-7H3/t21-,24-,25-,26+,27-,29?,33?/m0/s1. The van der Waals surface area contributed by atoms with Crippen molar-refractivity contribution in [3.63, 3.8) is 0 Å². The lowest BCUT2D eigenvalue weighted by Crippen LogP contribution is -2.60. The first-order valence-electron chi connectivity index (χ1n) is 15.1. The molecular formula is C33H47N3O5. The van der Waals surface area contributed by atoms with Gasteiger partial charge in [0.25, 0.3) is 5.91 Å². The Balaban J connectivity index is 1.86. The van der Waals surface area contributed by atoms with Crippen LogP contribution in [-0.2, 0) is 19.1 Å². The van der Waals surface area contributed by atoms with Gasteiger partial charge in [0.15, 0.2) is 0 Å². The molecule has 8 heteroatoms. The molecule has 0 aromatic heterocycles. The summed E-state index contributed by atoms with van der Waals surface area (Å²) in [7, 11) is 0. The molecule has 2 bridgehead atoms. The van der Waals surface area contributed by atoms with Gasteiger partial charge in [0.05, 0.1) is 30.6 Å². The number of aryl methyl sites for hydroxylation is 2. The normalized spacial score (nSPS) is 27.9. The van der Waals surface area contributed by atoms with E-state index in [1.807, 2.05) is 52.8 Å². The highest BCUT2D eigenvalue weighted by Crippen LogP contribution is 2.59. The first-order chi connectivity index (χ1) is 19.6. The lowest BCUT2D eigenvalue weighted by molar-refractivity contribution is -0.148. The van der Waals surface area contributed by atoms with E-state index < -0.39 is 35.6 Å². The highest BCUT2D eigenvalue weighted by molar-refractivity contribution is 6.05. The molecule has 1 spiro atoms. The topological polar surface area (TPSA) is 90.4 Å². The van der Waals surface area contributed by atoms with Crippen LogP contribution in [-0.4, -0.2) is 82.7 Å². The van der Waals surface area contributed by atoms with Gasteiger partial charge in [-0.1, -0.05) is 57.5 Å². The Kier molecular flexibility index (Phi) is 9.44. The average Bonchev–Trinajstić information content (AvgIpc) is 3.59.